The van der Waals surface area contributed by atoms with Crippen molar-refractivity contribution in [1.29, 1.82) is 0 Å². The molecule has 0 spiro atoms. The molecule has 0 unspecified atom stereocenters. The van der Waals surface area contributed by atoms with Crippen LogP contribution in [-0.2, 0) is 6.42 Å². The Balaban J connectivity index is 1.44. The van der Waals surface area contributed by atoms with Gasteiger partial charge < -0.3 is 10.3 Å². The first kappa shape index (κ1) is 18.9. The van der Waals surface area contributed by atoms with Crippen molar-refractivity contribution in [3.05, 3.63) is 90.5 Å². The number of hydrogen-bond donors (Lipinski definition) is 2. The van der Waals surface area contributed by atoms with Crippen molar-refractivity contribution in [2.45, 2.75) is 13.3 Å². The number of nitrogens with one attached hydrogen (secondary N) is 2. The summed E-state index contributed by atoms with van der Waals surface area (Å²) in [5.41, 5.74) is 6.03. The molecule has 5 rings (SSSR count). The van der Waals surface area contributed by atoms with Gasteiger partial charge in [-0.1, -0.05) is 24.3 Å². The lowest BCUT2D eigenvalue weighted by atomic mass is 10.1. The number of aromatic nitrogens is 5. The maximum Gasteiger partial charge on any atom is 0.181 e. The van der Waals surface area contributed by atoms with Gasteiger partial charge in [0.05, 0.1) is 5.69 Å². The van der Waals surface area contributed by atoms with Gasteiger partial charge in [0.1, 0.15) is 11.5 Å². The normalized spacial score (nSPS) is 11.0. The average molecular weight is 406 g/mol. The summed E-state index contributed by atoms with van der Waals surface area (Å²) < 4.78 is 0. The monoisotopic (exact) mass is 406 g/mol. The van der Waals surface area contributed by atoms with E-state index in [-0.39, 0.29) is 0 Å². The smallest absolute Gasteiger partial charge is 0.181 e. The summed E-state index contributed by atoms with van der Waals surface area (Å²) in [6.07, 6.45) is 8.30. The van der Waals surface area contributed by atoms with Crippen LogP contribution in [0.1, 0.15) is 11.1 Å². The van der Waals surface area contributed by atoms with Crippen molar-refractivity contribution in [2.75, 3.05) is 11.9 Å². The van der Waals surface area contributed by atoms with Gasteiger partial charge >= 0.3 is 0 Å². The van der Waals surface area contributed by atoms with E-state index in [2.05, 4.69) is 44.7 Å². The fourth-order valence-corrected chi connectivity index (χ4v) is 3.69. The second-order valence-electron chi connectivity index (χ2n) is 7.41. The number of H-pyrrole nitrogens is 1. The van der Waals surface area contributed by atoms with Crippen LogP contribution in [-0.4, -0.2) is 31.5 Å². The fraction of sp³-hybridized carbons (Fsp3) is 0.120. The van der Waals surface area contributed by atoms with Crippen molar-refractivity contribution < 1.29 is 0 Å². The third-order valence-electron chi connectivity index (χ3n) is 5.28. The first-order valence-corrected chi connectivity index (χ1v) is 10.3. The van der Waals surface area contributed by atoms with E-state index in [1.807, 2.05) is 49.5 Å². The lowest BCUT2D eigenvalue weighted by molar-refractivity contribution is 1.01. The molecular weight excluding hydrogens is 384 g/mol. The number of para-hydroxylation sites is 1. The third-order valence-corrected chi connectivity index (χ3v) is 5.28. The summed E-state index contributed by atoms with van der Waals surface area (Å²) in [4.78, 5) is 21.6. The summed E-state index contributed by atoms with van der Waals surface area (Å²) >= 11 is 0. The van der Waals surface area contributed by atoms with Gasteiger partial charge in [-0.3, -0.25) is 9.97 Å². The van der Waals surface area contributed by atoms with Crippen LogP contribution in [0.15, 0.2) is 79.4 Å². The zero-order chi connectivity index (χ0) is 21.0. The highest BCUT2D eigenvalue weighted by Gasteiger charge is 2.12. The molecule has 0 aliphatic carbocycles. The molecule has 6 nitrogen and oxygen atoms in total. The highest BCUT2D eigenvalue weighted by Crippen LogP contribution is 2.25. The Morgan fingerprint density at radius 2 is 1.87 bits per heavy atom. The molecule has 2 N–H and O–H groups in total. The summed E-state index contributed by atoms with van der Waals surface area (Å²) in [5.74, 6) is 1.38. The number of nitrogens with zero attached hydrogens (tertiary/aromatic N) is 4. The van der Waals surface area contributed by atoms with Crippen LogP contribution >= 0.6 is 0 Å². The molecule has 0 bridgehead atoms. The Morgan fingerprint density at radius 3 is 2.74 bits per heavy atom. The number of aromatic amines is 1. The van der Waals surface area contributed by atoms with Crippen LogP contribution in [0.5, 0.6) is 0 Å². The molecule has 0 radical (unpaired) electrons. The Hall–Kier alpha value is -4.06. The topological polar surface area (TPSA) is 79.4 Å². The maximum atomic E-state index is 4.78. The number of pyridine rings is 2. The van der Waals surface area contributed by atoms with E-state index in [1.165, 1.54) is 10.9 Å². The standard InChI is InChI=1S/C25H22N6/c1-17-6-4-12-28-24(17)25-30-22(19-7-5-11-26-15-19)14-23(31-25)27-13-10-18-16-29-21-9-3-2-8-20(18)21/h2-9,11-12,14-16,29H,10,13H2,1H3,(H,27,30,31). The van der Waals surface area contributed by atoms with E-state index in [0.29, 0.717) is 5.82 Å². The van der Waals surface area contributed by atoms with E-state index in [4.69, 9.17) is 9.97 Å². The minimum atomic E-state index is 0.606. The molecule has 4 aromatic heterocycles. The largest absolute Gasteiger partial charge is 0.370 e. The molecule has 4 heterocycles. The molecule has 0 saturated heterocycles. The molecule has 31 heavy (non-hydrogen) atoms. The predicted molar refractivity (Wildman–Crippen MR) is 124 cm³/mol. The van der Waals surface area contributed by atoms with Gasteiger partial charge in [0.2, 0.25) is 0 Å². The molecule has 0 amide bonds. The molecule has 0 aliphatic rings. The van der Waals surface area contributed by atoms with Crippen molar-refractivity contribution in [2.24, 2.45) is 0 Å². The van der Waals surface area contributed by atoms with E-state index in [9.17, 15) is 0 Å². The number of benzene rings is 1. The summed E-state index contributed by atoms with van der Waals surface area (Å²) in [6, 6.07) is 18.2. The van der Waals surface area contributed by atoms with Crippen LogP contribution in [0.2, 0.25) is 0 Å². The van der Waals surface area contributed by atoms with Crippen molar-refractivity contribution in [1.82, 2.24) is 24.9 Å². The first-order valence-electron chi connectivity index (χ1n) is 10.3. The fourth-order valence-electron chi connectivity index (χ4n) is 3.69. The highest BCUT2D eigenvalue weighted by molar-refractivity contribution is 5.83. The summed E-state index contributed by atoms with van der Waals surface area (Å²) in [5, 5.41) is 4.73. The zero-order valence-corrected chi connectivity index (χ0v) is 17.2. The molecule has 0 atom stereocenters. The van der Waals surface area contributed by atoms with Crippen LogP contribution in [0.4, 0.5) is 5.82 Å². The summed E-state index contributed by atoms with van der Waals surface area (Å²) in [6.45, 7) is 2.78. The van der Waals surface area contributed by atoms with Gasteiger partial charge in [0, 0.05) is 53.9 Å². The minimum absolute atomic E-state index is 0.606. The number of aryl methyl sites for hydroxylation is 1. The molecule has 6 heteroatoms. The lowest BCUT2D eigenvalue weighted by Gasteiger charge is -2.11. The van der Waals surface area contributed by atoms with Crippen LogP contribution in [0, 0.1) is 6.92 Å². The Labute approximate surface area is 180 Å². The maximum absolute atomic E-state index is 4.78. The molecule has 5 aromatic rings. The van der Waals surface area contributed by atoms with E-state index < -0.39 is 0 Å². The van der Waals surface area contributed by atoms with Gasteiger partial charge in [-0.2, -0.15) is 0 Å². The second kappa shape index (κ2) is 8.36. The molecule has 0 saturated carbocycles. The first-order chi connectivity index (χ1) is 15.3. The Kier molecular flexibility index (Phi) is 5.10. The summed E-state index contributed by atoms with van der Waals surface area (Å²) in [7, 11) is 0. The Morgan fingerprint density at radius 1 is 0.968 bits per heavy atom. The van der Waals surface area contributed by atoms with E-state index in [1.54, 1.807) is 12.4 Å². The lowest BCUT2D eigenvalue weighted by Crippen LogP contribution is -2.08. The minimum Gasteiger partial charge on any atom is -0.370 e. The third kappa shape index (κ3) is 4.00. The molecule has 0 fully saturated rings. The van der Waals surface area contributed by atoms with Gasteiger partial charge in [-0.15, -0.1) is 0 Å². The molecule has 1 aromatic carbocycles. The van der Waals surface area contributed by atoms with E-state index >= 15 is 0 Å². The van der Waals surface area contributed by atoms with Gasteiger partial charge in [0.15, 0.2) is 5.82 Å². The van der Waals surface area contributed by atoms with Gasteiger partial charge in [-0.25, -0.2) is 9.97 Å². The van der Waals surface area contributed by atoms with Crippen molar-refractivity contribution in [3.63, 3.8) is 0 Å². The second-order valence-corrected chi connectivity index (χ2v) is 7.41. The van der Waals surface area contributed by atoms with Gasteiger partial charge in [0.25, 0.3) is 0 Å². The number of hydrogen-bond acceptors (Lipinski definition) is 5. The van der Waals surface area contributed by atoms with Crippen LogP contribution < -0.4 is 5.32 Å². The molecule has 152 valence electrons. The van der Waals surface area contributed by atoms with Crippen LogP contribution in [0.25, 0.3) is 33.7 Å². The van der Waals surface area contributed by atoms with Crippen molar-refractivity contribution >= 4 is 16.7 Å². The number of fused-ring (bicyclic) bond motifs is 1. The predicted octanol–water partition coefficient (Wildman–Crippen LogP) is 5.04. The molecule has 0 aliphatic heterocycles. The van der Waals surface area contributed by atoms with Crippen molar-refractivity contribution in [3.8, 4) is 22.8 Å². The van der Waals surface area contributed by atoms with E-state index in [0.717, 1.165) is 46.8 Å². The average Bonchev–Trinajstić information content (AvgIpc) is 3.23. The number of rotatable bonds is 6. The SMILES string of the molecule is Cc1cccnc1-c1nc(NCCc2c[nH]c3ccccc23)cc(-c2cccnc2)n1. The molecular formula is C25H22N6. The van der Waals surface area contributed by atoms with Crippen LogP contribution in [0.3, 0.4) is 0 Å². The van der Waals surface area contributed by atoms with Gasteiger partial charge in [-0.05, 0) is 48.7 Å². The number of anilines is 1. The highest BCUT2D eigenvalue weighted by atomic mass is 15.0. The Bertz CT molecular complexity index is 1330. The quantitative estimate of drug-likeness (QED) is 0.413. The zero-order valence-electron chi connectivity index (χ0n) is 17.2.